The minimum atomic E-state index is -0.799. The topological polar surface area (TPSA) is 73.3 Å². The Bertz CT molecular complexity index is 1500. The maximum atomic E-state index is 13.7. The second-order valence-corrected chi connectivity index (χ2v) is 12.1. The summed E-state index contributed by atoms with van der Waals surface area (Å²) >= 11 is 0. The van der Waals surface area contributed by atoms with E-state index in [4.69, 9.17) is 4.74 Å². The Morgan fingerprint density at radius 1 is 0.902 bits per heavy atom. The van der Waals surface area contributed by atoms with Gasteiger partial charge in [0.1, 0.15) is 11.5 Å². The molecule has 214 valence electrons. The first-order valence-electron chi connectivity index (χ1n) is 14.1. The number of aryl methyl sites for hydroxylation is 1. The van der Waals surface area contributed by atoms with Gasteiger partial charge in [0.15, 0.2) is 0 Å². The van der Waals surface area contributed by atoms with Crippen molar-refractivity contribution >= 4 is 28.8 Å². The summed E-state index contributed by atoms with van der Waals surface area (Å²) in [5.41, 5.74) is 4.63. The first kappa shape index (κ1) is 28.4. The van der Waals surface area contributed by atoms with Crippen LogP contribution in [0.2, 0.25) is 0 Å². The molecule has 3 aromatic carbocycles. The number of piperazine rings is 1. The predicted molar refractivity (Wildman–Crippen MR) is 164 cm³/mol. The molecule has 7 nitrogen and oxygen atoms in total. The van der Waals surface area contributed by atoms with Crippen LogP contribution in [-0.4, -0.2) is 62.0 Å². The van der Waals surface area contributed by atoms with Gasteiger partial charge >= 0.3 is 0 Å². The Hall–Kier alpha value is -4.10. The molecule has 0 radical (unpaired) electrons. The third-order valence-corrected chi connectivity index (χ3v) is 8.12. The lowest BCUT2D eigenvalue weighted by Crippen LogP contribution is -2.44. The van der Waals surface area contributed by atoms with E-state index >= 15 is 0 Å². The highest BCUT2D eigenvalue weighted by Crippen LogP contribution is 2.44. The SMILES string of the molecule is COc1ccc(C(C)(C)C)cc1/C(O)=C1\C(=O)C(=O)N(c2ccc(N3CCN(C)CC3)cc2)C1c1cccc(C)c1. The van der Waals surface area contributed by atoms with Crippen LogP contribution in [0, 0.1) is 6.92 Å². The zero-order valence-electron chi connectivity index (χ0n) is 24.8. The Morgan fingerprint density at radius 2 is 1.56 bits per heavy atom. The number of benzene rings is 3. The van der Waals surface area contributed by atoms with Crippen molar-refractivity contribution < 1.29 is 19.4 Å². The quantitative estimate of drug-likeness (QED) is 0.249. The monoisotopic (exact) mass is 553 g/mol. The van der Waals surface area contributed by atoms with Crippen LogP contribution in [0.4, 0.5) is 11.4 Å². The first-order valence-corrected chi connectivity index (χ1v) is 14.1. The number of amides is 1. The van der Waals surface area contributed by atoms with Gasteiger partial charge in [0.05, 0.1) is 24.3 Å². The Morgan fingerprint density at radius 3 is 2.17 bits per heavy atom. The third-order valence-electron chi connectivity index (χ3n) is 8.12. The Kier molecular flexibility index (Phi) is 7.66. The molecule has 2 fully saturated rings. The van der Waals surface area contributed by atoms with Crippen LogP contribution in [0.1, 0.15) is 49.1 Å². The highest BCUT2D eigenvalue weighted by Gasteiger charge is 2.47. The number of likely N-dealkylation sites (N-methyl/N-ethyl adjacent to an activating group) is 1. The number of Topliss-reactive ketones (excluding diaryl/α,β-unsaturated/α-hetero) is 1. The summed E-state index contributed by atoms with van der Waals surface area (Å²) in [7, 11) is 3.65. The first-order chi connectivity index (χ1) is 19.5. The molecule has 7 heteroatoms. The van der Waals surface area contributed by atoms with E-state index in [0.717, 1.165) is 48.6 Å². The van der Waals surface area contributed by atoms with E-state index in [1.807, 2.05) is 67.6 Å². The van der Waals surface area contributed by atoms with Crippen molar-refractivity contribution in [2.24, 2.45) is 0 Å². The van der Waals surface area contributed by atoms with Crippen LogP contribution in [0.5, 0.6) is 5.75 Å². The number of anilines is 2. The molecule has 1 amide bonds. The molecule has 2 saturated heterocycles. The zero-order valence-corrected chi connectivity index (χ0v) is 24.8. The highest BCUT2D eigenvalue weighted by molar-refractivity contribution is 6.51. The largest absolute Gasteiger partial charge is 0.507 e. The van der Waals surface area contributed by atoms with E-state index in [1.165, 1.54) is 12.0 Å². The number of rotatable bonds is 5. The van der Waals surface area contributed by atoms with Crippen molar-refractivity contribution in [3.05, 3.63) is 94.6 Å². The molecule has 3 aromatic rings. The van der Waals surface area contributed by atoms with Crippen molar-refractivity contribution in [2.45, 2.75) is 39.2 Å². The normalized spacial score (nSPS) is 19.6. The molecule has 0 aromatic heterocycles. The number of hydrogen-bond acceptors (Lipinski definition) is 6. The molecule has 2 heterocycles. The molecule has 2 aliphatic rings. The van der Waals surface area contributed by atoms with Gasteiger partial charge in [0.25, 0.3) is 11.7 Å². The van der Waals surface area contributed by atoms with Gasteiger partial charge < -0.3 is 19.6 Å². The molecule has 0 aliphatic carbocycles. The lowest BCUT2D eigenvalue weighted by atomic mass is 9.85. The van der Waals surface area contributed by atoms with Crippen molar-refractivity contribution in [3.63, 3.8) is 0 Å². The molecular weight excluding hydrogens is 514 g/mol. The van der Waals surface area contributed by atoms with E-state index in [2.05, 4.69) is 37.6 Å². The zero-order chi connectivity index (χ0) is 29.5. The highest BCUT2D eigenvalue weighted by atomic mass is 16.5. The van der Waals surface area contributed by atoms with Gasteiger partial charge in [0.2, 0.25) is 0 Å². The fourth-order valence-electron chi connectivity index (χ4n) is 5.65. The smallest absolute Gasteiger partial charge is 0.300 e. The lowest BCUT2D eigenvalue weighted by molar-refractivity contribution is -0.132. The summed E-state index contributed by atoms with van der Waals surface area (Å²) in [4.78, 5) is 33.6. The lowest BCUT2D eigenvalue weighted by Gasteiger charge is -2.34. The van der Waals surface area contributed by atoms with Gasteiger partial charge in [0, 0.05) is 37.6 Å². The number of carbonyl (C=O) groups is 2. The molecule has 0 bridgehead atoms. The van der Waals surface area contributed by atoms with Crippen LogP contribution in [0.3, 0.4) is 0 Å². The number of aliphatic hydroxyl groups excluding tert-OH is 1. The van der Waals surface area contributed by atoms with Crippen LogP contribution in [0.25, 0.3) is 5.76 Å². The molecule has 0 saturated carbocycles. The number of ketones is 1. The minimum Gasteiger partial charge on any atom is -0.507 e. The average molecular weight is 554 g/mol. The fourth-order valence-corrected chi connectivity index (χ4v) is 5.65. The van der Waals surface area contributed by atoms with E-state index in [-0.39, 0.29) is 16.7 Å². The van der Waals surface area contributed by atoms with Gasteiger partial charge in [-0.05, 0) is 66.9 Å². The number of methoxy groups -OCH3 is 1. The molecule has 1 unspecified atom stereocenters. The van der Waals surface area contributed by atoms with Crippen molar-refractivity contribution in [1.82, 2.24) is 4.90 Å². The molecular formula is C34H39N3O4. The number of ether oxygens (including phenoxy) is 1. The van der Waals surface area contributed by atoms with Gasteiger partial charge in [-0.1, -0.05) is 56.7 Å². The number of nitrogens with zero attached hydrogens (tertiary/aromatic N) is 3. The fraction of sp³-hybridized carbons (Fsp3) is 0.353. The van der Waals surface area contributed by atoms with Crippen LogP contribution >= 0.6 is 0 Å². The van der Waals surface area contributed by atoms with Gasteiger partial charge in [-0.25, -0.2) is 0 Å². The molecule has 2 aliphatic heterocycles. The van der Waals surface area contributed by atoms with Crippen LogP contribution in [0.15, 0.2) is 72.3 Å². The number of hydrogen-bond donors (Lipinski definition) is 1. The molecule has 0 spiro atoms. The maximum Gasteiger partial charge on any atom is 0.300 e. The minimum absolute atomic E-state index is 0.0492. The summed E-state index contributed by atoms with van der Waals surface area (Å²) in [6.45, 7) is 12.0. The van der Waals surface area contributed by atoms with Crippen LogP contribution in [-0.2, 0) is 15.0 Å². The summed E-state index contributed by atoms with van der Waals surface area (Å²) in [5.74, 6) is -1.20. The maximum absolute atomic E-state index is 13.7. The van der Waals surface area contributed by atoms with E-state index in [1.54, 1.807) is 6.07 Å². The van der Waals surface area contributed by atoms with E-state index in [9.17, 15) is 14.7 Å². The Labute approximate surface area is 242 Å². The summed E-state index contributed by atoms with van der Waals surface area (Å²) in [6.07, 6.45) is 0. The molecule has 1 N–H and O–H groups in total. The second-order valence-electron chi connectivity index (χ2n) is 12.1. The van der Waals surface area contributed by atoms with Crippen molar-refractivity contribution in [3.8, 4) is 5.75 Å². The van der Waals surface area contributed by atoms with Gasteiger partial charge in [-0.3, -0.25) is 14.5 Å². The van der Waals surface area contributed by atoms with E-state index < -0.39 is 17.7 Å². The molecule has 41 heavy (non-hydrogen) atoms. The molecule has 1 atom stereocenters. The van der Waals surface area contributed by atoms with Gasteiger partial charge in [-0.15, -0.1) is 0 Å². The predicted octanol–water partition coefficient (Wildman–Crippen LogP) is 5.68. The standard InChI is InChI=1S/C34H39N3O4/c1-22-8-7-9-23(20-22)30-29(31(38)27-21-24(34(2,3)4)10-15-28(27)41-6)32(39)33(40)37(30)26-13-11-25(12-14-26)36-18-16-35(5)17-19-36/h7-15,20-21,30,38H,16-19H2,1-6H3/b31-29+. The third kappa shape index (κ3) is 5.46. The Balaban J connectivity index is 1.64. The summed E-state index contributed by atoms with van der Waals surface area (Å²) in [6, 6.07) is 20.3. The second kappa shape index (κ2) is 11.1. The van der Waals surface area contributed by atoms with E-state index in [0.29, 0.717) is 17.0 Å². The van der Waals surface area contributed by atoms with Crippen LogP contribution < -0.4 is 14.5 Å². The average Bonchev–Trinajstić information content (AvgIpc) is 3.22. The molecule has 5 rings (SSSR count). The van der Waals surface area contributed by atoms with Crippen molar-refractivity contribution in [1.29, 1.82) is 0 Å². The number of aliphatic hydroxyl groups is 1. The van der Waals surface area contributed by atoms with Crippen molar-refractivity contribution in [2.75, 3.05) is 50.1 Å². The summed E-state index contributed by atoms with van der Waals surface area (Å²) < 4.78 is 5.59. The number of carbonyl (C=O) groups excluding carboxylic acids is 2. The summed E-state index contributed by atoms with van der Waals surface area (Å²) in [5, 5.41) is 11.8. The van der Waals surface area contributed by atoms with Gasteiger partial charge in [-0.2, -0.15) is 0 Å².